The smallest absolute Gasteiger partial charge is 0.287 e. The van der Waals surface area contributed by atoms with Crippen molar-refractivity contribution in [3.8, 4) is 0 Å². The van der Waals surface area contributed by atoms with Gasteiger partial charge in [0.25, 0.3) is 5.97 Å². The van der Waals surface area contributed by atoms with Gasteiger partial charge in [-0.1, -0.05) is 67.6 Å². The molecule has 0 unspecified atom stereocenters. The van der Waals surface area contributed by atoms with E-state index >= 15 is 0 Å². The molecule has 0 saturated heterocycles. The zero-order valence-electron chi connectivity index (χ0n) is 11.8. The summed E-state index contributed by atoms with van der Waals surface area (Å²) in [5, 5.41) is 10.6. The van der Waals surface area contributed by atoms with Crippen molar-refractivity contribution in [2.75, 3.05) is 7.11 Å². The van der Waals surface area contributed by atoms with E-state index in [0.717, 1.165) is 11.1 Å². The summed E-state index contributed by atoms with van der Waals surface area (Å²) in [5.74, 6) is -1.94. The molecule has 0 spiro atoms. The van der Waals surface area contributed by atoms with Crippen LogP contribution in [0.4, 0.5) is 0 Å². The Bertz CT molecular complexity index is 512. The lowest BCUT2D eigenvalue weighted by molar-refractivity contribution is -0.365. The number of benzene rings is 2. The largest absolute Gasteiger partial charge is 0.343 e. The average Bonchev–Trinajstić information content (AvgIpc) is 2.53. The molecule has 0 amide bonds. The van der Waals surface area contributed by atoms with Gasteiger partial charge in [-0.2, -0.15) is 0 Å². The Morgan fingerprint density at radius 3 is 2.10 bits per heavy atom. The van der Waals surface area contributed by atoms with Crippen LogP contribution in [0.3, 0.4) is 0 Å². The van der Waals surface area contributed by atoms with E-state index in [1.54, 1.807) is 0 Å². The Morgan fingerprint density at radius 2 is 1.55 bits per heavy atom. The normalized spacial score (nSPS) is 15.6. The van der Waals surface area contributed by atoms with Gasteiger partial charge in [0, 0.05) is 7.11 Å². The summed E-state index contributed by atoms with van der Waals surface area (Å²) in [6.07, 6.45) is 0. The van der Waals surface area contributed by atoms with Crippen molar-refractivity contribution in [1.82, 2.24) is 0 Å². The van der Waals surface area contributed by atoms with Gasteiger partial charge in [0.05, 0.1) is 12.5 Å². The van der Waals surface area contributed by atoms with Crippen LogP contribution in [0.2, 0.25) is 0 Å². The molecule has 3 heteroatoms. The molecule has 1 N–H and O–H groups in total. The van der Waals surface area contributed by atoms with Crippen LogP contribution in [0.25, 0.3) is 0 Å². The summed E-state index contributed by atoms with van der Waals surface area (Å²) in [5.41, 5.74) is 1.95. The van der Waals surface area contributed by atoms with Crippen molar-refractivity contribution in [2.24, 2.45) is 0 Å². The van der Waals surface area contributed by atoms with Gasteiger partial charge in [-0.05, 0) is 11.1 Å². The molecule has 0 heterocycles. The van der Waals surface area contributed by atoms with Crippen LogP contribution >= 0.6 is 0 Å². The first-order chi connectivity index (χ1) is 9.65. The maximum atomic E-state index is 10.6. The summed E-state index contributed by atoms with van der Waals surface area (Å²) >= 11 is 0. The van der Waals surface area contributed by atoms with Crippen molar-refractivity contribution in [1.29, 1.82) is 0 Å². The number of hydrogen-bond acceptors (Lipinski definition) is 3. The minimum atomic E-state index is -1.64. The van der Waals surface area contributed by atoms with Crippen LogP contribution in [0.1, 0.15) is 24.0 Å². The summed E-state index contributed by atoms with van der Waals surface area (Å²) in [6, 6.07) is 19.4. The van der Waals surface area contributed by atoms with Gasteiger partial charge in [-0.3, -0.25) is 0 Å². The Kier molecular flexibility index (Phi) is 4.90. The molecule has 0 aliphatic heterocycles. The van der Waals surface area contributed by atoms with Gasteiger partial charge in [-0.25, -0.2) is 0 Å². The first-order valence-electron chi connectivity index (χ1n) is 6.66. The Morgan fingerprint density at radius 1 is 1.00 bits per heavy atom. The number of aliphatic hydroxyl groups is 1. The van der Waals surface area contributed by atoms with E-state index in [9.17, 15) is 5.11 Å². The molecule has 0 saturated carbocycles. The lowest BCUT2D eigenvalue weighted by Gasteiger charge is -2.32. The Balaban J connectivity index is 2.09. The van der Waals surface area contributed by atoms with Crippen molar-refractivity contribution < 1.29 is 14.6 Å². The first kappa shape index (κ1) is 14.7. The molecule has 2 atom stereocenters. The van der Waals surface area contributed by atoms with E-state index in [0.29, 0.717) is 6.61 Å². The van der Waals surface area contributed by atoms with Gasteiger partial charge in [0.2, 0.25) is 0 Å². The third kappa shape index (κ3) is 3.45. The molecule has 2 rings (SSSR count). The fraction of sp³-hybridized carbons (Fsp3) is 0.294. The number of rotatable bonds is 6. The average molecular weight is 272 g/mol. The third-order valence-corrected chi connectivity index (χ3v) is 3.43. The molecule has 3 nitrogen and oxygen atoms in total. The van der Waals surface area contributed by atoms with Crippen molar-refractivity contribution in [2.45, 2.75) is 25.4 Å². The number of hydrogen-bond donors (Lipinski definition) is 1. The molecule has 0 aliphatic carbocycles. The highest BCUT2D eigenvalue weighted by Gasteiger charge is 2.36. The van der Waals surface area contributed by atoms with Crippen molar-refractivity contribution in [3.63, 3.8) is 0 Å². The molecule has 0 fully saturated rings. The highest BCUT2D eigenvalue weighted by molar-refractivity contribution is 5.20. The van der Waals surface area contributed by atoms with Crippen LogP contribution in [0.15, 0.2) is 60.7 Å². The number of ether oxygens (including phenoxy) is 2. The fourth-order valence-corrected chi connectivity index (χ4v) is 2.07. The van der Waals surface area contributed by atoms with Crippen LogP contribution in [-0.2, 0) is 16.1 Å². The minimum absolute atomic E-state index is 0.294. The van der Waals surface area contributed by atoms with Gasteiger partial charge >= 0.3 is 0 Å². The molecule has 0 aromatic heterocycles. The maximum absolute atomic E-state index is 10.6. The molecule has 2 aromatic carbocycles. The van der Waals surface area contributed by atoms with Crippen LogP contribution in [0, 0.1) is 0 Å². The Labute approximate surface area is 119 Å². The molecular weight excluding hydrogens is 252 g/mol. The predicted octanol–water partition coefficient (Wildman–Crippen LogP) is 3.30. The third-order valence-electron chi connectivity index (χ3n) is 3.43. The predicted molar refractivity (Wildman–Crippen MR) is 78.0 cm³/mol. The fourth-order valence-electron chi connectivity index (χ4n) is 2.07. The van der Waals surface area contributed by atoms with Crippen LogP contribution in [-0.4, -0.2) is 18.2 Å². The van der Waals surface area contributed by atoms with Crippen molar-refractivity contribution in [3.05, 3.63) is 71.8 Å². The van der Waals surface area contributed by atoms with E-state index in [1.165, 1.54) is 7.11 Å². The van der Waals surface area contributed by atoms with Gasteiger partial charge in [0.1, 0.15) is 0 Å². The SMILES string of the molecule is CO[C@](O)(OCc1ccccc1)[C@@H](C)c1ccccc1. The van der Waals surface area contributed by atoms with E-state index in [-0.39, 0.29) is 5.92 Å². The molecule has 0 radical (unpaired) electrons. The molecular formula is C17H20O3. The van der Waals surface area contributed by atoms with E-state index in [2.05, 4.69) is 0 Å². The van der Waals surface area contributed by atoms with Gasteiger partial charge < -0.3 is 14.6 Å². The summed E-state index contributed by atoms with van der Waals surface area (Å²) < 4.78 is 10.8. The topological polar surface area (TPSA) is 38.7 Å². The van der Waals surface area contributed by atoms with Crippen LogP contribution < -0.4 is 0 Å². The second-order valence-corrected chi connectivity index (χ2v) is 4.74. The summed E-state index contributed by atoms with van der Waals surface area (Å²) in [6.45, 7) is 2.17. The lowest BCUT2D eigenvalue weighted by atomic mass is 9.99. The molecule has 20 heavy (non-hydrogen) atoms. The minimum Gasteiger partial charge on any atom is -0.343 e. The second-order valence-electron chi connectivity index (χ2n) is 4.74. The first-order valence-corrected chi connectivity index (χ1v) is 6.66. The Hall–Kier alpha value is -1.68. The van der Waals surface area contributed by atoms with Crippen molar-refractivity contribution >= 4 is 0 Å². The molecule has 0 bridgehead atoms. The van der Waals surface area contributed by atoms with E-state index in [1.807, 2.05) is 67.6 Å². The standard InChI is InChI=1S/C17H20O3/c1-14(16-11-7-4-8-12-16)17(18,19-2)20-13-15-9-5-3-6-10-15/h3-12,14,18H,13H2,1-2H3/t14-,17-/m0/s1. The van der Waals surface area contributed by atoms with Gasteiger partial charge in [0.15, 0.2) is 0 Å². The highest BCUT2D eigenvalue weighted by atomic mass is 16.8. The summed E-state index contributed by atoms with van der Waals surface area (Å²) in [4.78, 5) is 0. The second kappa shape index (κ2) is 6.66. The molecule has 106 valence electrons. The molecule has 0 aliphatic rings. The zero-order valence-corrected chi connectivity index (χ0v) is 11.8. The van der Waals surface area contributed by atoms with Gasteiger partial charge in [-0.15, -0.1) is 0 Å². The monoisotopic (exact) mass is 272 g/mol. The summed E-state index contributed by atoms with van der Waals surface area (Å²) in [7, 11) is 1.45. The quantitative estimate of drug-likeness (QED) is 0.820. The zero-order chi connectivity index (χ0) is 14.4. The highest BCUT2D eigenvalue weighted by Crippen LogP contribution is 2.30. The van der Waals surface area contributed by atoms with Crippen LogP contribution in [0.5, 0.6) is 0 Å². The maximum Gasteiger partial charge on any atom is 0.287 e. The number of methoxy groups -OCH3 is 1. The van der Waals surface area contributed by atoms with E-state index < -0.39 is 5.97 Å². The molecule has 2 aromatic rings. The lowest BCUT2D eigenvalue weighted by Crippen LogP contribution is -2.40. The van der Waals surface area contributed by atoms with E-state index in [4.69, 9.17) is 9.47 Å².